The summed E-state index contributed by atoms with van der Waals surface area (Å²) in [5, 5.41) is 40.7. The number of nitrogens with two attached hydrogens (primary N) is 2. The number of fused-ring (bicyclic) bond motifs is 8. The average molecular weight is 777 g/mol. The van der Waals surface area contributed by atoms with E-state index in [0.29, 0.717) is 35.5 Å². The molecule has 277 valence electrons. The van der Waals surface area contributed by atoms with E-state index in [9.17, 15) is 10.2 Å². The minimum Gasteiger partial charge on any atom is -0.741 e. The molecule has 0 heterocycles. The first-order valence-electron chi connectivity index (χ1n) is 18.9. The van der Waals surface area contributed by atoms with Gasteiger partial charge in [0.05, 0.1) is 22.6 Å². The molecule has 10 atom stereocenters. The molecule has 51 heavy (non-hydrogen) atoms. The van der Waals surface area contributed by atoms with Crippen molar-refractivity contribution in [3.05, 3.63) is 71.8 Å². The van der Waals surface area contributed by atoms with Crippen molar-refractivity contribution < 1.29 is 27.3 Å². The van der Waals surface area contributed by atoms with Crippen molar-refractivity contribution in [2.75, 3.05) is 0 Å². The molecule has 4 bridgehead atoms. The average Bonchev–Trinajstić information content (AvgIpc) is 3.12. The summed E-state index contributed by atoms with van der Waals surface area (Å²) in [7, 11) is 0. The molecule has 6 fully saturated rings. The third-order valence-corrected chi connectivity index (χ3v) is 13.5. The van der Waals surface area contributed by atoms with E-state index in [-0.39, 0.29) is 39.2 Å². The molecule has 1 radical (unpaired) electrons. The van der Waals surface area contributed by atoms with Gasteiger partial charge < -0.3 is 46.9 Å². The fourth-order valence-corrected chi connectivity index (χ4v) is 11.6. The van der Waals surface area contributed by atoms with Crippen LogP contribution in [-0.4, -0.2) is 43.2 Å². The van der Waals surface area contributed by atoms with Crippen LogP contribution in [0.25, 0.3) is 0 Å². The number of benzene rings is 2. The third kappa shape index (κ3) is 7.41. The second-order valence-electron chi connectivity index (χ2n) is 15.7. The van der Waals surface area contributed by atoms with Crippen molar-refractivity contribution in [1.29, 1.82) is 0 Å². The number of hydrogen-bond donors (Lipinski definition) is 4. The van der Waals surface area contributed by atoms with Crippen LogP contribution in [0.3, 0.4) is 0 Å². The molecular formula is C40H52CuN6O2S2. The minimum atomic E-state index is -0.666. The Balaban J connectivity index is 0.000000172. The Kier molecular flexibility index (Phi) is 12.3. The molecular weight excluding hydrogens is 724 g/mol. The van der Waals surface area contributed by atoms with Gasteiger partial charge in [-0.3, -0.25) is 0 Å². The fourth-order valence-electron chi connectivity index (χ4n) is 11.5. The number of rotatable bonds is 4. The smallest absolute Gasteiger partial charge is 0.741 e. The van der Waals surface area contributed by atoms with E-state index >= 15 is 0 Å². The molecule has 6 saturated carbocycles. The molecule has 2 aromatic carbocycles. The number of nitrogens with zero attached hydrogens (tertiary/aromatic N) is 4. The topological polar surface area (TPSA) is 142 Å². The zero-order valence-corrected chi connectivity index (χ0v) is 31.8. The van der Waals surface area contributed by atoms with Crippen LogP contribution in [0.2, 0.25) is 0 Å². The Bertz CT molecular complexity index is 1500. The molecule has 0 aromatic heterocycles. The molecule has 10 unspecified atom stereocenters. The minimum absolute atomic E-state index is 0. The monoisotopic (exact) mass is 775 g/mol. The van der Waals surface area contributed by atoms with Crippen molar-refractivity contribution >= 4 is 47.0 Å². The van der Waals surface area contributed by atoms with E-state index in [1.54, 1.807) is 0 Å². The number of amidine groups is 2. The van der Waals surface area contributed by atoms with Gasteiger partial charge in [0, 0.05) is 23.7 Å². The summed E-state index contributed by atoms with van der Waals surface area (Å²) in [5.74, 6) is 2.12. The van der Waals surface area contributed by atoms with Crippen LogP contribution in [0.15, 0.2) is 81.1 Å². The molecule has 11 heteroatoms. The Morgan fingerprint density at radius 1 is 0.569 bits per heavy atom. The predicted octanol–water partition coefficient (Wildman–Crippen LogP) is 6.68. The zero-order valence-electron chi connectivity index (χ0n) is 29.2. The van der Waals surface area contributed by atoms with Gasteiger partial charge in [-0.15, -0.1) is 0 Å². The third-order valence-electron chi connectivity index (χ3n) is 13.3. The fraction of sp³-hybridized carbons (Fsp3) is 0.600. The van der Waals surface area contributed by atoms with E-state index < -0.39 is 11.2 Å². The summed E-state index contributed by atoms with van der Waals surface area (Å²) in [4.78, 5) is 0. The molecule has 2 aromatic rings. The summed E-state index contributed by atoms with van der Waals surface area (Å²) in [5.41, 5.74) is 14.5. The van der Waals surface area contributed by atoms with Crippen LogP contribution in [0.1, 0.15) is 113 Å². The first-order valence-corrected chi connectivity index (χ1v) is 19.7. The molecule has 0 saturated heterocycles. The second kappa shape index (κ2) is 16.3. The van der Waals surface area contributed by atoms with E-state index in [0.717, 1.165) is 88.5 Å². The summed E-state index contributed by atoms with van der Waals surface area (Å²) in [6, 6.07) is 21.3. The van der Waals surface area contributed by atoms with Crippen molar-refractivity contribution in [1.82, 2.24) is 0 Å². The van der Waals surface area contributed by atoms with Gasteiger partial charge in [-0.1, -0.05) is 99.2 Å². The van der Waals surface area contributed by atoms with E-state index in [1.165, 1.54) is 24.0 Å². The Hall–Kier alpha value is -2.40. The molecule has 0 spiro atoms. The molecule has 8 rings (SSSR count). The van der Waals surface area contributed by atoms with Crippen LogP contribution in [0, 0.1) is 35.5 Å². The summed E-state index contributed by atoms with van der Waals surface area (Å²) in [6.07, 6.45) is 15.0. The number of hydrogen-bond acceptors (Lipinski definition) is 8. The summed E-state index contributed by atoms with van der Waals surface area (Å²) >= 11 is 9.81. The quantitative estimate of drug-likeness (QED) is 0.0899. The normalized spacial score (nSPS) is 39.1. The Labute approximate surface area is 324 Å². The van der Waals surface area contributed by atoms with Crippen molar-refractivity contribution in [3.63, 3.8) is 0 Å². The standard InChI is InChI=1S/2C20H27N3OS.Cu/c2*21-19(25)23-22-18-14-9-6-11-16(18)20(24)12-5-4-10-15(20)17(14)13-7-2-1-3-8-13;/h2*1-3,7-8,14-17,24H,4-6,9-12H2,(H3,21,23,25);/q;;+2/p-2/b22-18+;22-18-;. The largest absolute Gasteiger partial charge is 2.00 e. The van der Waals surface area contributed by atoms with Crippen LogP contribution in [-0.2, 0) is 42.3 Å². The van der Waals surface area contributed by atoms with Gasteiger partial charge in [0.1, 0.15) is 0 Å². The Morgan fingerprint density at radius 2 is 0.961 bits per heavy atom. The van der Waals surface area contributed by atoms with Gasteiger partial charge in [0.25, 0.3) is 0 Å². The second-order valence-corrected chi connectivity index (χ2v) is 16.5. The van der Waals surface area contributed by atoms with Crippen LogP contribution >= 0.6 is 0 Å². The maximum absolute atomic E-state index is 11.8. The SMILES string of the molecule is N/C([S-])=N/N=C1/C2CCCC1C1(O)CCCCC1C2c1ccccc1.N/C([S-])=N/N=C1\C2CCCC1C1(O)CCCCC1C2c1ccccc1.[Cu+2]. The van der Waals surface area contributed by atoms with Gasteiger partial charge in [-0.25, -0.2) is 0 Å². The maximum Gasteiger partial charge on any atom is 2.00 e. The summed E-state index contributed by atoms with van der Waals surface area (Å²) in [6.45, 7) is 0. The van der Waals surface area contributed by atoms with E-state index in [4.69, 9.17) is 36.7 Å². The van der Waals surface area contributed by atoms with Crippen molar-refractivity contribution in [2.24, 2.45) is 67.4 Å². The molecule has 8 nitrogen and oxygen atoms in total. The van der Waals surface area contributed by atoms with Crippen molar-refractivity contribution in [2.45, 2.75) is 113 Å². The molecule has 0 amide bonds. The van der Waals surface area contributed by atoms with Crippen LogP contribution in [0.5, 0.6) is 0 Å². The predicted molar refractivity (Wildman–Crippen MR) is 207 cm³/mol. The van der Waals surface area contributed by atoms with Crippen molar-refractivity contribution in [3.8, 4) is 0 Å². The summed E-state index contributed by atoms with van der Waals surface area (Å²) < 4.78 is 0. The maximum atomic E-state index is 11.8. The van der Waals surface area contributed by atoms with Gasteiger partial charge in [0.15, 0.2) is 0 Å². The van der Waals surface area contributed by atoms with Gasteiger partial charge in [-0.05, 0) is 96.5 Å². The molecule has 0 aliphatic heterocycles. The number of aliphatic hydroxyl groups is 2. The molecule has 6 aliphatic carbocycles. The van der Waals surface area contributed by atoms with Gasteiger partial charge in [-0.2, -0.15) is 20.4 Å². The first kappa shape index (κ1) is 38.3. The molecule has 6 N–H and O–H groups in total. The van der Waals surface area contributed by atoms with E-state index in [2.05, 4.69) is 81.1 Å². The van der Waals surface area contributed by atoms with Gasteiger partial charge in [0.2, 0.25) is 0 Å². The Morgan fingerprint density at radius 3 is 1.33 bits per heavy atom. The van der Waals surface area contributed by atoms with Crippen LogP contribution < -0.4 is 11.5 Å². The zero-order chi connectivity index (χ0) is 34.9. The van der Waals surface area contributed by atoms with Crippen LogP contribution in [0.4, 0.5) is 0 Å². The van der Waals surface area contributed by atoms with Gasteiger partial charge >= 0.3 is 17.1 Å². The first-order chi connectivity index (χ1) is 24.2. The molecule has 6 aliphatic rings. The van der Waals surface area contributed by atoms with E-state index in [1.807, 2.05) is 0 Å².